The molecule has 2 aromatic rings. The van der Waals surface area contributed by atoms with Crippen LogP contribution in [-0.4, -0.2) is 13.7 Å². The summed E-state index contributed by atoms with van der Waals surface area (Å²) in [4.78, 5) is 0. The van der Waals surface area contributed by atoms with Gasteiger partial charge in [0.15, 0.2) is 0 Å². The molecule has 80 valence electrons. The van der Waals surface area contributed by atoms with Crippen molar-refractivity contribution in [2.24, 2.45) is 0 Å². The van der Waals surface area contributed by atoms with Crippen molar-refractivity contribution in [1.82, 2.24) is 0 Å². The minimum Gasteiger partial charge on any atom is -0.384 e. The number of methoxy groups -OCH3 is 1. The number of rotatable bonds is 2. The average molecular weight is 210 g/mol. The van der Waals surface area contributed by atoms with E-state index in [0.29, 0.717) is 5.92 Å². The first kappa shape index (κ1) is 9.61. The molecule has 16 heavy (non-hydrogen) atoms. The maximum absolute atomic E-state index is 5.28. The molecule has 1 aliphatic carbocycles. The molecule has 0 aliphatic heterocycles. The van der Waals surface area contributed by atoms with Crippen molar-refractivity contribution in [3.8, 4) is 0 Å². The van der Waals surface area contributed by atoms with Gasteiger partial charge in [0.2, 0.25) is 0 Å². The van der Waals surface area contributed by atoms with E-state index in [-0.39, 0.29) is 0 Å². The van der Waals surface area contributed by atoms with Crippen LogP contribution in [0.25, 0.3) is 16.8 Å². The van der Waals surface area contributed by atoms with Crippen LogP contribution in [0.5, 0.6) is 0 Å². The lowest BCUT2D eigenvalue weighted by Gasteiger charge is -2.12. The highest BCUT2D eigenvalue weighted by Crippen LogP contribution is 2.35. The van der Waals surface area contributed by atoms with Crippen LogP contribution in [0.3, 0.4) is 0 Å². The first-order valence-corrected chi connectivity index (χ1v) is 5.59. The largest absolute Gasteiger partial charge is 0.384 e. The van der Waals surface area contributed by atoms with Gasteiger partial charge in [-0.3, -0.25) is 0 Å². The van der Waals surface area contributed by atoms with E-state index in [2.05, 4.69) is 48.6 Å². The molecule has 1 heteroatoms. The number of ether oxygens (including phenoxy) is 1. The molecular formula is C15H14O. The summed E-state index contributed by atoms with van der Waals surface area (Å²) in [5.41, 5.74) is 2.75. The standard InChI is InChI=1S/C15H14O/c1-16-10-13-9-8-12-7-6-11-4-2-3-5-14(11)15(12)13/h2-9,13H,10H2,1H3. The van der Waals surface area contributed by atoms with Gasteiger partial charge in [-0.05, 0) is 21.9 Å². The van der Waals surface area contributed by atoms with Crippen molar-refractivity contribution in [1.29, 1.82) is 0 Å². The highest BCUT2D eigenvalue weighted by molar-refractivity contribution is 5.91. The van der Waals surface area contributed by atoms with Crippen molar-refractivity contribution in [2.75, 3.05) is 13.7 Å². The van der Waals surface area contributed by atoms with E-state index in [4.69, 9.17) is 4.74 Å². The van der Waals surface area contributed by atoms with Gasteiger partial charge in [-0.25, -0.2) is 0 Å². The average Bonchev–Trinajstić information content (AvgIpc) is 2.73. The lowest BCUT2D eigenvalue weighted by molar-refractivity contribution is 0.192. The van der Waals surface area contributed by atoms with Crippen LogP contribution in [0.4, 0.5) is 0 Å². The normalized spacial score (nSPS) is 17.9. The van der Waals surface area contributed by atoms with Crippen LogP contribution in [0.15, 0.2) is 42.5 Å². The lowest BCUT2D eigenvalue weighted by atomic mass is 9.94. The molecule has 1 atom stereocenters. The van der Waals surface area contributed by atoms with Gasteiger partial charge in [-0.1, -0.05) is 48.6 Å². The van der Waals surface area contributed by atoms with Crippen molar-refractivity contribution in [3.05, 3.63) is 53.6 Å². The quantitative estimate of drug-likeness (QED) is 0.736. The summed E-state index contributed by atoms with van der Waals surface area (Å²) in [5, 5.41) is 2.66. The Hall–Kier alpha value is -1.60. The van der Waals surface area contributed by atoms with Gasteiger partial charge in [-0.15, -0.1) is 0 Å². The van der Waals surface area contributed by atoms with E-state index >= 15 is 0 Å². The highest BCUT2D eigenvalue weighted by atomic mass is 16.5. The highest BCUT2D eigenvalue weighted by Gasteiger charge is 2.19. The van der Waals surface area contributed by atoms with Crippen LogP contribution in [0.2, 0.25) is 0 Å². The van der Waals surface area contributed by atoms with Gasteiger partial charge < -0.3 is 4.74 Å². The second-order valence-corrected chi connectivity index (χ2v) is 4.21. The molecule has 0 heterocycles. The van der Waals surface area contributed by atoms with E-state index in [1.54, 1.807) is 7.11 Å². The molecule has 3 rings (SSSR count). The van der Waals surface area contributed by atoms with Gasteiger partial charge in [0.1, 0.15) is 0 Å². The molecule has 0 N–H and O–H groups in total. The fourth-order valence-electron chi connectivity index (χ4n) is 2.51. The predicted octanol–water partition coefficient (Wildman–Crippen LogP) is 3.60. The monoisotopic (exact) mass is 210 g/mol. The Morgan fingerprint density at radius 1 is 1.12 bits per heavy atom. The fraction of sp³-hybridized carbons (Fsp3) is 0.200. The Morgan fingerprint density at radius 2 is 2.00 bits per heavy atom. The van der Waals surface area contributed by atoms with Crippen molar-refractivity contribution in [3.63, 3.8) is 0 Å². The Balaban J connectivity index is 2.23. The molecule has 0 amide bonds. The number of benzene rings is 2. The summed E-state index contributed by atoms with van der Waals surface area (Å²) in [7, 11) is 1.76. The van der Waals surface area contributed by atoms with E-state index in [1.165, 1.54) is 21.9 Å². The van der Waals surface area contributed by atoms with Crippen molar-refractivity contribution >= 4 is 16.8 Å². The molecule has 2 aromatic carbocycles. The number of hydrogen-bond acceptors (Lipinski definition) is 1. The Bertz CT molecular complexity index is 554. The maximum Gasteiger partial charge on any atom is 0.0566 e. The van der Waals surface area contributed by atoms with E-state index in [9.17, 15) is 0 Å². The Labute approximate surface area is 95.4 Å². The van der Waals surface area contributed by atoms with Crippen LogP contribution in [0, 0.1) is 0 Å². The summed E-state index contributed by atoms with van der Waals surface area (Å²) < 4.78 is 5.28. The van der Waals surface area contributed by atoms with E-state index in [1.807, 2.05) is 0 Å². The SMILES string of the molecule is COCC1C=Cc2ccc3ccccc3c21. The van der Waals surface area contributed by atoms with E-state index < -0.39 is 0 Å². The molecule has 0 aromatic heterocycles. The minimum absolute atomic E-state index is 0.408. The summed E-state index contributed by atoms with van der Waals surface area (Å²) in [6.07, 6.45) is 4.44. The molecule has 0 spiro atoms. The number of fused-ring (bicyclic) bond motifs is 3. The van der Waals surface area contributed by atoms with E-state index in [0.717, 1.165) is 6.61 Å². The molecule has 0 saturated carbocycles. The molecule has 0 radical (unpaired) electrons. The van der Waals surface area contributed by atoms with Gasteiger partial charge >= 0.3 is 0 Å². The second kappa shape index (κ2) is 3.76. The third kappa shape index (κ3) is 1.36. The first-order chi connectivity index (χ1) is 7.90. The van der Waals surface area contributed by atoms with Crippen LogP contribution in [0.1, 0.15) is 17.0 Å². The zero-order valence-corrected chi connectivity index (χ0v) is 9.31. The van der Waals surface area contributed by atoms with Gasteiger partial charge in [0, 0.05) is 13.0 Å². The minimum atomic E-state index is 0.408. The molecule has 0 fully saturated rings. The molecule has 0 saturated heterocycles. The van der Waals surface area contributed by atoms with Gasteiger partial charge in [0.25, 0.3) is 0 Å². The first-order valence-electron chi connectivity index (χ1n) is 5.59. The van der Waals surface area contributed by atoms with Crippen molar-refractivity contribution < 1.29 is 4.74 Å². The zero-order valence-electron chi connectivity index (χ0n) is 9.31. The molecule has 0 bridgehead atoms. The summed E-state index contributed by atoms with van der Waals surface area (Å²) in [6.45, 7) is 0.761. The summed E-state index contributed by atoms with van der Waals surface area (Å²) in [5.74, 6) is 0.408. The third-order valence-corrected chi connectivity index (χ3v) is 3.23. The summed E-state index contributed by atoms with van der Waals surface area (Å²) >= 11 is 0. The van der Waals surface area contributed by atoms with Crippen LogP contribution in [-0.2, 0) is 4.74 Å². The molecule has 1 nitrogen and oxygen atoms in total. The topological polar surface area (TPSA) is 9.23 Å². The lowest BCUT2D eigenvalue weighted by Crippen LogP contribution is -2.02. The molecular weight excluding hydrogens is 196 g/mol. The fourth-order valence-corrected chi connectivity index (χ4v) is 2.51. The van der Waals surface area contributed by atoms with Gasteiger partial charge in [0.05, 0.1) is 6.61 Å². The predicted molar refractivity (Wildman–Crippen MR) is 67.6 cm³/mol. The number of hydrogen-bond donors (Lipinski definition) is 0. The second-order valence-electron chi connectivity index (χ2n) is 4.21. The Morgan fingerprint density at radius 3 is 2.88 bits per heavy atom. The van der Waals surface area contributed by atoms with Gasteiger partial charge in [-0.2, -0.15) is 0 Å². The van der Waals surface area contributed by atoms with Crippen LogP contribution >= 0.6 is 0 Å². The molecule has 1 aliphatic rings. The maximum atomic E-state index is 5.28. The summed E-state index contributed by atoms with van der Waals surface area (Å²) in [6, 6.07) is 12.9. The van der Waals surface area contributed by atoms with Crippen molar-refractivity contribution in [2.45, 2.75) is 5.92 Å². The molecule has 1 unspecified atom stereocenters. The van der Waals surface area contributed by atoms with Crippen LogP contribution < -0.4 is 0 Å². The Kier molecular flexibility index (Phi) is 2.26. The third-order valence-electron chi connectivity index (χ3n) is 3.23. The zero-order chi connectivity index (χ0) is 11.0. The smallest absolute Gasteiger partial charge is 0.0566 e.